The standard InChI is InChI=1S/C20H29N5O/c1-5-25-19(13-17(22-25)15(2)3)20(26)24-11-9-23(10-12-24)14-18-16(4)7-6-8-21-18/h6-8,13,15H,5,9-12,14H2,1-4H3. The van der Waals surface area contributed by atoms with Crippen LogP contribution in [0.2, 0.25) is 0 Å². The molecule has 0 N–H and O–H groups in total. The lowest BCUT2D eigenvalue weighted by atomic mass is 10.1. The highest BCUT2D eigenvalue weighted by atomic mass is 16.2. The van der Waals surface area contributed by atoms with Crippen LogP contribution in [-0.2, 0) is 13.1 Å². The molecular formula is C20H29N5O. The molecule has 6 heteroatoms. The van der Waals surface area contributed by atoms with Crippen molar-refractivity contribution in [2.24, 2.45) is 0 Å². The minimum atomic E-state index is 0.0971. The van der Waals surface area contributed by atoms with Gasteiger partial charge in [-0.2, -0.15) is 5.10 Å². The first-order chi connectivity index (χ1) is 12.5. The van der Waals surface area contributed by atoms with Gasteiger partial charge in [0.25, 0.3) is 5.91 Å². The van der Waals surface area contributed by atoms with E-state index in [1.54, 1.807) is 0 Å². The van der Waals surface area contributed by atoms with Crippen LogP contribution in [0.4, 0.5) is 0 Å². The molecule has 1 saturated heterocycles. The molecule has 6 nitrogen and oxygen atoms in total. The van der Waals surface area contributed by atoms with E-state index in [2.05, 4.69) is 41.8 Å². The first kappa shape index (κ1) is 18.6. The van der Waals surface area contributed by atoms with Crippen LogP contribution in [-0.4, -0.2) is 56.7 Å². The van der Waals surface area contributed by atoms with E-state index in [-0.39, 0.29) is 5.91 Å². The van der Waals surface area contributed by atoms with E-state index in [4.69, 9.17) is 0 Å². The lowest BCUT2D eigenvalue weighted by molar-refractivity contribution is 0.0614. The van der Waals surface area contributed by atoms with Crippen LogP contribution in [0.15, 0.2) is 24.4 Å². The van der Waals surface area contributed by atoms with Crippen LogP contribution >= 0.6 is 0 Å². The number of nitrogens with zero attached hydrogens (tertiary/aromatic N) is 5. The Balaban J connectivity index is 1.63. The van der Waals surface area contributed by atoms with Crippen molar-refractivity contribution in [2.45, 2.75) is 46.7 Å². The molecule has 0 radical (unpaired) electrons. The fourth-order valence-corrected chi connectivity index (χ4v) is 3.30. The van der Waals surface area contributed by atoms with Crippen LogP contribution < -0.4 is 0 Å². The van der Waals surface area contributed by atoms with Gasteiger partial charge in [0.1, 0.15) is 5.69 Å². The maximum Gasteiger partial charge on any atom is 0.272 e. The van der Waals surface area contributed by atoms with Crippen molar-refractivity contribution in [3.8, 4) is 0 Å². The van der Waals surface area contributed by atoms with Crippen LogP contribution in [0.5, 0.6) is 0 Å². The minimum Gasteiger partial charge on any atom is -0.335 e. The first-order valence-electron chi connectivity index (χ1n) is 9.49. The molecular weight excluding hydrogens is 326 g/mol. The van der Waals surface area contributed by atoms with E-state index in [1.165, 1.54) is 5.56 Å². The molecule has 1 aliphatic rings. The highest BCUT2D eigenvalue weighted by Crippen LogP contribution is 2.17. The van der Waals surface area contributed by atoms with Crippen molar-refractivity contribution in [3.05, 3.63) is 47.0 Å². The van der Waals surface area contributed by atoms with Gasteiger partial charge in [0, 0.05) is 45.5 Å². The van der Waals surface area contributed by atoms with Gasteiger partial charge >= 0.3 is 0 Å². The molecule has 0 spiro atoms. The molecule has 0 unspecified atom stereocenters. The van der Waals surface area contributed by atoms with E-state index in [0.29, 0.717) is 18.2 Å². The number of carbonyl (C=O) groups excluding carboxylic acids is 1. The largest absolute Gasteiger partial charge is 0.335 e. The van der Waals surface area contributed by atoms with Crippen LogP contribution in [0, 0.1) is 6.92 Å². The van der Waals surface area contributed by atoms with E-state index < -0.39 is 0 Å². The zero-order valence-corrected chi connectivity index (χ0v) is 16.3. The summed E-state index contributed by atoms with van der Waals surface area (Å²) in [6, 6.07) is 6.03. The number of pyridine rings is 1. The van der Waals surface area contributed by atoms with Gasteiger partial charge in [0.2, 0.25) is 0 Å². The second-order valence-electron chi connectivity index (χ2n) is 7.26. The summed E-state index contributed by atoms with van der Waals surface area (Å²) >= 11 is 0. The van der Waals surface area contributed by atoms with Gasteiger partial charge in [-0.1, -0.05) is 19.9 Å². The topological polar surface area (TPSA) is 54.3 Å². The van der Waals surface area contributed by atoms with Gasteiger partial charge in [-0.15, -0.1) is 0 Å². The fraction of sp³-hybridized carbons (Fsp3) is 0.550. The number of carbonyl (C=O) groups is 1. The number of aromatic nitrogens is 3. The maximum atomic E-state index is 13.0. The number of piperazine rings is 1. The third kappa shape index (κ3) is 3.96. The van der Waals surface area contributed by atoms with Crippen molar-refractivity contribution in [1.29, 1.82) is 0 Å². The Labute approximate surface area is 155 Å². The molecule has 1 fully saturated rings. The van der Waals surface area contributed by atoms with E-state index in [0.717, 1.165) is 44.1 Å². The van der Waals surface area contributed by atoms with Crippen molar-refractivity contribution in [1.82, 2.24) is 24.6 Å². The summed E-state index contributed by atoms with van der Waals surface area (Å²) in [6.07, 6.45) is 1.85. The Morgan fingerprint density at radius 1 is 1.23 bits per heavy atom. The summed E-state index contributed by atoms with van der Waals surface area (Å²) in [5.41, 5.74) is 4.04. The predicted molar refractivity (Wildman–Crippen MR) is 102 cm³/mol. The number of rotatable bonds is 5. The molecule has 1 amide bonds. The third-order valence-corrected chi connectivity index (χ3v) is 5.06. The zero-order valence-electron chi connectivity index (χ0n) is 16.3. The molecule has 0 aliphatic carbocycles. The summed E-state index contributed by atoms with van der Waals surface area (Å²) in [5, 5.41) is 4.58. The summed E-state index contributed by atoms with van der Waals surface area (Å²) in [6.45, 7) is 13.1. The van der Waals surface area contributed by atoms with Gasteiger partial charge in [0.15, 0.2) is 0 Å². The molecule has 0 bridgehead atoms. The lowest BCUT2D eigenvalue weighted by Crippen LogP contribution is -2.48. The number of aryl methyl sites for hydroxylation is 2. The van der Waals surface area contributed by atoms with Crippen LogP contribution in [0.25, 0.3) is 0 Å². The Morgan fingerprint density at radius 3 is 2.58 bits per heavy atom. The Hall–Kier alpha value is -2.21. The average Bonchev–Trinajstić information content (AvgIpc) is 3.08. The smallest absolute Gasteiger partial charge is 0.272 e. The molecule has 26 heavy (non-hydrogen) atoms. The monoisotopic (exact) mass is 355 g/mol. The Kier molecular flexibility index (Phi) is 5.71. The molecule has 140 valence electrons. The van der Waals surface area contributed by atoms with Crippen LogP contribution in [0.3, 0.4) is 0 Å². The number of hydrogen-bond donors (Lipinski definition) is 0. The molecule has 3 rings (SSSR count). The van der Waals surface area contributed by atoms with Gasteiger partial charge in [-0.25, -0.2) is 0 Å². The number of amides is 1. The normalized spacial score (nSPS) is 15.7. The van der Waals surface area contributed by atoms with Crippen LogP contribution in [0.1, 0.15) is 54.1 Å². The summed E-state index contributed by atoms with van der Waals surface area (Å²) in [5.74, 6) is 0.424. The molecule has 2 aromatic heterocycles. The SMILES string of the molecule is CCn1nc(C(C)C)cc1C(=O)N1CCN(Cc2ncccc2C)CC1. The third-order valence-electron chi connectivity index (χ3n) is 5.06. The second-order valence-corrected chi connectivity index (χ2v) is 7.26. The molecule has 2 aromatic rings. The summed E-state index contributed by atoms with van der Waals surface area (Å²) < 4.78 is 1.83. The van der Waals surface area contributed by atoms with E-state index in [1.807, 2.05) is 34.8 Å². The summed E-state index contributed by atoms with van der Waals surface area (Å²) in [4.78, 5) is 21.8. The zero-order chi connectivity index (χ0) is 18.7. The van der Waals surface area contributed by atoms with Crippen molar-refractivity contribution < 1.29 is 4.79 Å². The highest BCUT2D eigenvalue weighted by Gasteiger charge is 2.25. The van der Waals surface area contributed by atoms with Crippen molar-refractivity contribution in [3.63, 3.8) is 0 Å². The Bertz CT molecular complexity index is 759. The minimum absolute atomic E-state index is 0.0971. The fourth-order valence-electron chi connectivity index (χ4n) is 3.30. The Morgan fingerprint density at radius 2 is 1.96 bits per heavy atom. The van der Waals surface area contributed by atoms with Gasteiger partial charge < -0.3 is 4.90 Å². The lowest BCUT2D eigenvalue weighted by Gasteiger charge is -2.34. The summed E-state index contributed by atoms with van der Waals surface area (Å²) in [7, 11) is 0. The molecule has 1 aliphatic heterocycles. The van der Waals surface area contributed by atoms with Gasteiger partial charge in [-0.05, 0) is 37.5 Å². The predicted octanol–water partition coefficient (Wildman–Crippen LogP) is 2.69. The molecule has 0 atom stereocenters. The van der Waals surface area contributed by atoms with E-state index >= 15 is 0 Å². The number of hydrogen-bond acceptors (Lipinski definition) is 4. The average molecular weight is 355 g/mol. The quantitative estimate of drug-likeness (QED) is 0.827. The van der Waals surface area contributed by atoms with Crippen molar-refractivity contribution in [2.75, 3.05) is 26.2 Å². The van der Waals surface area contributed by atoms with E-state index in [9.17, 15) is 4.79 Å². The second kappa shape index (κ2) is 7.99. The molecule has 3 heterocycles. The van der Waals surface area contributed by atoms with Gasteiger partial charge in [-0.3, -0.25) is 19.4 Å². The molecule has 0 saturated carbocycles. The van der Waals surface area contributed by atoms with Crippen molar-refractivity contribution >= 4 is 5.91 Å². The maximum absolute atomic E-state index is 13.0. The first-order valence-corrected chi connectivity index (χ1v) is 9.49. The molecule has 0 aromatic carbocycles. The van der Waals surface area contributed by atoms with Gasteiger partial charge in [0.05, 0.1) is 11.4 Å². The highest BCUT2D eigenvalue weighted by molar-refractivity contribution is 5.92.